The molecule has 0 amide bonds. The fourth-order valence-corrected chi connectivity index (χ4v) is 2.59. The molecule has 1 fully saturated rings. The standard InChI is InChI=1S/C13H16O2.C8H16O2/c1-2-15-12-8-6-11(7-9-12)13(14)10-4-3-5-10;1-3-4-5-6-7-8(9)10-2/h6-10H,2-5H2,1H3;3-7H2,1-2H3. The van der Waals surface area contributed by atoms with Crippen LogP contribution in [0.25, 0.3) is 0 Å². The lowest BCUT2D eigenvalue weighted by molar-refractivity contribution is -0.140. The molecule has 0 atom stereocenters. The maximum Gasteiger partial charge on any atom is 0.305 e. The van der Waals surface area contributed by atoms with Gasteiger partial charge in [-0.25, -0.2) is 0 Å². The van der Waals surface area contributed by atoms with E-state index in [4.69, 9.17) is 4.74 Å². The van der Waals surface area contributed by atoms with Crippen molar-refractivity contribution in [2.75, 3.05) is 13.7 Å². The highest BCUT2D eigenvalue weighted by molar-refractivity contribution is 5.98. The number of rotatable bonds is 9. The molecule has 0 aliphatic heterocycles. The minimum absolute atomic E-state index is 0.0869. The van der Waals surface area contributed by atoms with Gasteiger partial charge in [-0.2, -0.15) is 0 Å². The summed E-state index contributed by atoms with van der Waals surface area (Å²) in [7, 11) is 1.43. The van der Waals surface area contributed by atoms with Gasteiger partial charge in [0.2, 0.25) is 0 Å². The summed E-state index contributed by atoms with van der Waals surface area (Å²) in [4.78, 5) is 22.4. The van der Waals surface area contributed by atoms with E-state index in [0.29, 0.717) is 18.8 Å². The third-order valence-corrected chi connectivity index (χ3v) is 4.39. The van der Waals surface area contributed by atoms with Crippen LogP contribution in [0.5, 0.6) is 5.75 Å². The van der Waals surface area contributed by atoms with Crippen molar-refractivity contribution in [3.8, 4) is 5.75 Å². The third kappa shape index (κ3) is 8.19. The van der Waals surface area contributed by atoms with Gasteiger partial charge in [0.05, 0.1) is 13.7 Å². The summed E-state index contributed by atoms with van der Waals surface area (Å²) in [6, 6.07) is 7.47. The van der Waals surface area contributed by atoms with Gasteiger partial charge in [0.15, 0.2) is 5.78 Å². The molecule has 1 aromatic carbocycles. The SMILES string of the molecule is CCCCCCC(=O)OC.CCOc1ccc(C(=O)C2CCC2)cc1. The molecule has 4 nitrogen and oxygen atoms in total. The molecule has 2 rings (SSSR count). The van der Waals surface area contributed by atoms with Crippen LogP contribution in [0, 0.1) is 5.92 Å². The Hall–Kier alpha value is -1.84. The van der Waals surface area contributed by atoms with Crippen LogP contribution in [-0.2, 0) is 9.53 Å². The van der Waals surface area contributed by atoms with Crippen LogP contribution < -0.4 is 4.74 Å². The van der Waals surface area contributed by atoms with Gasteiger partial charge in [-0.15, -0.1) is 0 Å². The van der Waals surface area contributed by atoms with Gasteiger partial charge in [0.25, 0.3) is 0 Å². The molecule has 25 heavy (non-hydrogen) atoms. The first kappa shape index (κ1) is 21.2. The van der Waals surface area contributed by atoms with Gasteiger partial charge in [0, 0.05) is 17.9 Å². The van der Waals surface area contributed by atoms with E-state index in [0.717, 1.165) is 37.0 Å². The fourth-order valence-electron chi connectivity index (χ4n) is 2.59. The van der Waals surface area contributed by atoms with Gasteiger partial charge in [-0.3, -0.25) is 9.59 Å². The smallest absolute Gasteiger partial charge is 0.305 e. The number of carbonyl (C=O) groups is 2. The number of benzene rings is 1. The largest absolute Gasteiger partial charge is 0.494 e. The molecule has 4 heteroatoms. The molecular formula is C21H32O4. The van der Waals surface area contributed by atoms with Crippen molar-refractivity contribution < 1.29 is 19.1 Å². The molecule has 1 aliphatic carbocycles. The zero-order valence-corrected chi connectivity index (χ0v) is 15.9. The molecule has 140 valence electrons. The van der Waals surface area contributed by atoms with Crippen LogP contribution in [-0.4, -0.2) is 25.5 Å². The van der Waals surface area contributed by atoms with Gasteiger partial charge in [-0.05, 0) is 50.5 Å². The monoisotopic (exact) mass is 348 g/mol. The normalized spacial score (nSPS) is 13.2. The first-order valence-corrected chi connectivity index (χ1v) is 9.46. The predicted molar refractivity (Wildman–Crippen MR) is 100 cm³/mol. The van der Waals surface area contributed by atoms with E-state index in [1.807, 2.05) is 31.2 Å². The molecule has 0 aromatic heterocycles. The van der Waals surface area contributed by atoms with E-state index in [-0.39, 0.29) is 11.9 Å². The van der Waals surface area contributed by atoms with Crippen LogP contribution in [0.4, 0.5) is 0 Å². The molecule has 1 aromatic rings. The maximum absolute atomic E-state index is 11.9. The van der Waals surface area contributed by atoms with E-state index in [1.54, 1.807) is 0 Å². The maximum atomic E-state index is 11.9. The quantitative estimate of drug-likeness (QED) is 0.350. The van der Waals surface area contributed by atoms with Crippen molar-refractivity contribution >= 4 is 11.8 Å². The molecule has 0 unspecified atom stereocenters. The van der Waals surface area contributed by atoms with E-state index in [2.05, 4.69) is 11.7 Å². The summed E-state index contributed by atoms with van der Waals surface area (Å²) in [6.45, 7) is 4.77. The number of methoxy groups -OCH3 is 1. The summed E-state index contributed by atoms with van der Waals surface area (Å²) in [5, 5.41) is 0. The number of esters is 1. The second-order valence-electron chi connectivity index (χ2n) is 6.34. The lowest BCUT2D eigenvalue weighted by Crippen LogP contribution is -2.21. The molecule has 0 N–H and O–H groups in total. The second-order valence-corrected chi connectivity index (χ2v) is 6.34. The van der Waals surface area contributed by atoms with Gasteiger partial charge in [-0.1, -0.05) is 32.6 Å². The number of ether oxygens (including phenoxy) is 2. The van der Waals surface area contributed by atoms with Crippen LogP contribution in [0.1, 0.15) is 75.6 Å². The number of ketones is 1. The van der Waals surface area contributed by atoms with Gasteiger partial charge >= 0.3 is 5.97 Å². The van der Waals surface area contributed by atoms with E-state index >= 15 is 0 Å². The summed E-state index contributed by atoms with van der Waals surface area (Å²) < 4.78 is 9.82. The van der Waals surface area contributed by atoms with Gasteiger partial charge in [0.1, 0.15) is 5.75 Å². The number of carbonyl (C=O) groups excluding carboxylic acids is 2. The fraction of sp³-hybridized carbons (Fsp3) is 0.619. The van der Waals surface area contributed by atoms with Crippen molar-refractivity contribution in [1.29, 1.82) is 0 Å². The topological polar surface area (TPSA) is 52.6 Å². The third-order valence-electron chi connectivity index (χ3n) is 4.39. The molecule has 0 bridgehead atoms. The van der Waals surface area contributed by atoms with E-state index in [1.165, 1.54) is 26.4 Å². The lowest BCUT2D eigenvalue weighted by Gasteiger charge is -2.23. The molecule has 0 radical (unpaired) electrons. The second kappa shape index (κ2) is 12.5. The Morgan fingerprint density at radius 2 is 1.72 bits per heavy atom. The van der Waals surface area contributed by atoms with Crippen molar-refractivity contribution in [1.82, 2.24) is 0 Å². The highest BCUT2D eigenvalue weighted by Crippen LogP contribution is 2.30. The number of hydrogen-bond acceptors (Lipinski definition) is 4. The summed E-state index contributed by atoms with van der Waals surface area (Å²) in [6.07, 6.45) is 8.45. The summed E-state index contributed by atoms with van der Waals surface area (Å²) in [5.74, 6) is 1.33. The minimum Gasteiger partial charge on any atom is -0.494 e. The number of unbranched alkanes of at least 4 members (excludes halogenated alkanes) is 3. The zero-order chi connectivity index (χ0) is 18.5. The van der Waals surface area contributed by atoms with E-state index in [9.17, 15) is 9.59 Å². The summed E-state index contributed by atoms with van der Waals surface area (Å²) in [5.41, 5.74) is 0.822. The Balaban J connectivity index is 0.000000275. The van der Waals surface area contributed by atoms with Crippen molar-refractivity contribution in [2.24, 2.45) is 5.92 Å². The average Bonchev–Trinajstić information content (AvgIpc) is 2.58. The molecule has 0 saturated heterocycles. The Morgan fingerprint density at radius 3 is 2.20 bits per heavy atom. The molecule has 0 heterocycles. The molecule has 1 saturated carbocycles. The Labute approximate surface area is 151 Å². The van der Waals surface area contributed by atoms with E-state index < -0.39 is 0 Å². The Bertz CT molecular complexity index is 503. The predicted octanol–water partition coefficient (Wildman–Crippen LogP) is 5.20. The van der Waals surface area contributed by atoms with Crippen LogP contribution >= 0.6 is 0 Å². The Kier molecular flexibility index (Phi) is 10.6. The zero-order valence-electron chi connectivity index (χ0n) is 15.9. The highest BCUT2D eigenvalue weighted by atomic mass is 16.5. The first-order valence-electron chi connectivity index (χ1n) is 9.46. The van der Waals surface area contributed by atoms with Crippen molar-refractivity contribution in [3.63, 3.8) is 0 Å². The first-order chi connectivity index (χ1) is 12.1. The molecule has 1 aliphatic rings. The lowest BCUT2D eigenvalue weighted by atomic mass is 9.80. The molecular weight excluding hydrogens is 316 g/mol. The number of hydrogen-bond donors (Lipinski definition) is 0. The van der Waals surface area contributed by atoms with Crippen molar-refractivity contribution in [3.05, 3.63) is 29.8 Å². The average molecular weight is 348 g/mol. The van der Waals surface area contributed by atoms with Gasteiger partial charge < -0.3 is 9.47 Å². The molecule has 0 spiro atoms. The van der Waals surface area contributed by atoms with Crippen LogP contribution in [0.2, 0.25) is 0 Å². The van der Waals surface area contributed by atoms with Crippen LogP contribution in [0.15, 0.2) is 24.3 Å². The van der Waals surface area contributed by atoms with Crippen LogP contribution in [0.3, 0.4) is 0 Å². The number of Topliss-reactive ketones (excluding diaryl/α,β-unsaturated/α-hetero) is 1. The summed E-state index contributed by atoms with van der Waals surface area (Å²) >= 11 is 0. The highest BCUT2D eigenvalue weighted by Gasteiger charge is 2.25. The Morgan fingerprint density at radius 1 is 1.04 bits per heavy atom. The van der Waals surface area contributed by atoms with Crippen molar-refractivity contribution in [2.45, 2.75) is 65.2 Å². The minimum atomic E-state index is -0.0869.